The number of hydrogen-bond acceptors (Lipinski definition) is 5. The van der Waals surface area contributed by atoms with Crippen molar-refractivity contribution in [2.24, 2.45) is 0 Å². The zero-order valence-corrected chi connectivity index (χ0v) is 20.5. The molecule has 1 amide bonds. The monoisotopic (exact) mass is 463 g/mol. The van der Waals surface area contributed by atoms with Crippen LogP contribution in [0.25, 0.3) is 11.8 Å². The number of ether oxygens (including phenoxy) is 2. The van der Waals surface area contributed by atoms with Gasteiger partial charge in [-0.15, -0.1) is 0 Å². The molecule has 0 atom stereocenters. The van der Waals surface area contributed by atoms with Crippen LogP contribution in [0.3, 0.4) is 0 Å². The second-order valence-electron chi connectivity index (χ2n) is 8.63. The molecule has 180 valence electrons. The van der Waals surface area contributed by atoms with Crippen LogP contribution < -0.4 is 4.74 Å². The summed E-state index contributed by atoms with van der Waals surface area (Å²) in [5.41, 5.74) is 3.40. The number of carbonyl (C=O) groups excluding carboxylic acids is 2. The fourth-order valence-corrected chi connectivity index (χ4v) is 4.46. The van der Waals surface area contributed by atoms with Gasteiger partial charge < -0.3 is 18.9 Å². The Hall–Kier alpha value is -3.53. The smallest absolute Gasteiger partial charge is 0.349 e. The van der Waals surface area contributed by atoms with Crippen LogP contribution in [0.2, 0.25) is 0 Å². The van der Waals surface area contributed by atoms with Crippen LogP contribution in [-0.2, 0) is 14.3 Å². The molecule has 0 bridgehead atoms. The maximum atomic E-state index is 12.5. The highest BCUT2D eigenvalue weighted by molar-refractivity contribution is 5.99. The zero-order valence-electron chi connectivity index (χ0n) is 20.5. The Labute approximate surface area is 201 Å². The lowest BCUT2D eigenvalue weighted by Crippen LogP contribution is -2.40. The molecule has 0 radical (unpaired) electrons. The summed E-state index contributed by atoms with van der Waals surface area (Å²) in [5.74, 6) is -0.239. The number of amides is 1. The summed E-state index contributed by atoms with van der Waals surface area (Å²) >= 11 is 0. The summed E-state index contributed by atoms with van der Waals surface area (Å²) in [6.45, 7) is 6.07. The van der Waals surface area contributed by atoms with Crippen LogP contribution in [0.15, 0.2) is 35.9 Å². The average molecular weight is 464 g/mol. The van der Waals surface area contributed by atoms with Crippen molar-refractivity contribution in [2.45, 2.75) is 58.9 Å². The summed E-state index contributed by atoms with van der Waals surface area (Å²) in [6, 6.07) is 11.8. The molecular weight excluding hydrogens is 430 g/mol. The lowest BCUT2D eigenvalue weighted by atomic mass is 9.94. The third-order valence-electron chi connectivity index (χ3n) is 6.36. The van der Waals surface area contributed by atoms with Gasteiger partial charge in [0.05, 0.1) is 6.61 Å². The molecule has 1 aliphatic carbocycles. The van der Waals surface area contributed by atoms with Crippen LogP contribution in [0, 0.1) is 25.2 Å². The van der Waals surface area contributed by atoms with E-state index in [-0.39, 0.29) is 24.1 Å². The van der Waals surface area contributed by atoms with Crippen molar-refractivity contribution in [2.75, 3.05) is 20.3 Å². The first-order valence-corrected chi connectivity index (χ1v) is 11.8. The lowest BCUT2D eigenvalue weighted by molar-refractivity contribution is -0.149. The largest absolute Gasteiger partial charge is 0.494 e. The van der Waals surface area contributed by atoms with Gasteiger partial charge in [0, 0.05) is 30.2 Å². The van der Waals surface area contributed by atoms with E-state index in [0.29, 0.717) is 6.61 Å². The van der Waals surface area contributed by atoms with E-state index < -0.39 is 5.97 Å². The highest BCUT2D eigenvalue weighted by Gasteiger charge is 2.23. The molecule has 0 aliphatic heterocycles. The molecule has 0 N–H and O–H groups in total. The number of carbonyl (C=O) groups is 2. The Morgan fingerprint density at radius 3 is 2.47 bits per heavy atom. The van der Waals surface area contributed by atoms with Gasteiger partial charge in [-0.25, -0.2) is 4.79 Å². The molecule has 3 rings (SSSR count). The molecule has 1 aromatic heterocycles. The first-order chi connectivity index (χ1) is 16.3. The number of aryl methyl sites for hydroxylation is 1. The first-order valence-electron chi connectivity index (χ1n) is 11.8. The summed E-state index contributed by atoms with van der Waals surface area (Å²) in [6.07, 6.45) is 6.89. The second kappa shape index (κ2) is 11.6. The lowest BCUT2D eigenvalue weighted by Gasteiger charge is -2.31. The Morgan fingerprint density at radius 1 is 1.18 bits per heavy atom. The fourth-order valence-electron chi connectivity index (χ4n) is 4.46. The molecule has 2 aromatic rings. The molecule has 1 fully saturated rings. The van der Waals surface area contributed by atoms with Gasteiger partial charge in [0.2, 0.25) is 0 Å². The standard InChI is InChI=1S/C27H33N3O4/c1-5-33-25-13-11-24(12-14-25)30-19(2)15-21(20(30)3)16-22(17-28)27(32)34-18-26(31)29(4)23-9-7-6-8-10-23/h11-16,23H,5-10,18H2,1-4H3/b22-16-. The highest BCUT2D eigenvalue weighted by Crippen LogP contribution is 2.25. The van der Waals surface area contributed by atoms with E-state index in [1.807, 2.05) is 61.7 Å². The van der Waals surface area contributed by atoms with Crippen molar-refractivity contribution < 1.29 is 19.1 Å². The molecule has 0 unspecified atom stereocenters. The number of esters is 1. The van der Waals surface area contributed by atoms with Gasteiger partial charge in [-0.2, -0.15) is 5.26 Å². The van der Waals surface area contributed by atoms with E-state index in [2.05, 4.69) is 0 Å². The maximum absolute atomic E-state index is 12.5. The minimum atomic E-state index is -0.793. The number of hydrogen-bond donors (Lipinski definition) is 0. The van der Waals surface area contributed by atoms with E-state index in [1.54, 1.807) is 11.9 Å². The van der Waals surface area contributed by atoms with Crippen molar-refractivity contribution in [3.8, 4) is 17.5 Å². The molecule has 1 aliphatic rings. The minimum Gasteiger partial charge on any atom is -0.494 e. The van der Waals surface area contributed by atoms with Crippen molar-refractivity contribution in [3.63, 3.8) is 0 Å². The molecule has 0 spiro atoms. The Balaban J connectivity index is 1.71. The van der Waals surface area contributed by atoms with E-state index in [9.17, 15) is 14.9 Å². The van der Waals surface area contributed by atoms with Gasteiger partial charge >= 0.3 is 5.97 Å². The van der Waals surface area contributed by atoms with Gasteiger partial charge in [0.15, 0.2) is 6.61 Å². The van der Waals surface area contributed by atoms with Gasteiger partial charge in [-0.05, 0) is 75.6 Å². The molecule has 1 aromatic carbocycles. The van der Waals surface area contributed by atoms with Gasteiger partial charge in [-0.3, -0.25) is 4.79 Å². The van der Waals surface area contributed by atoms with Crippen molar-refractivity contribution in [1.82, 2.24) is 9.47 Å². The molecule has 34 heavy (non-hydrogen) atoms. The van der Waals surface area contributed by atoms with E-state index >= 15 is 0 Å². The van der Waals surface area contributed by atoms with Crippen molar-refractivity contribution >= 4 is 18.0 Å². The summed E-state index contributed by atoms with van der Waals surface area (Å²) < 4.78 is 12.8. The van der Waals surface area contributed by atoms with Gasteiger partial charge in [0.1, 0.15) is 17.4 Å². The number of benzene rings is 1. The Morgan fingerprint density at radius 2 is 1.85 bits per heavy atom. The van der Waals surface area contributed by atoms with Crippen LogP contribution in [0.5, 0.6) is 5.75 Å². The van der Waals surface area contributed by atoms with Crippen molar-refractivity contribution in [1.29, 1.82) is 5.26 Å². The molecule has 1 heterocycles. The zero-order chi connectivity index (χ0) is 24.7. The first kappa shape index (κ1) is 25.1. The molecular formula is C27H33N3O4. The normalized spacial score (nSPS) is 14.4. The van der Waals surface area contributed by atoms with Crippen molar-refractivity contribution in [3.05, 3.63) is 52.9 Å². The third-order valence-corrected chi connectivity index (χ3v) is 6.36. The van der Waals surface area contributed by atoms with Crippen LogP contribution in [0.1, 0.15) is 56.0 Å². The van der Waals surface area contributed by atoms with Gasteiger partial charge in [0.25, 0.3) is 5.91 Å². The quantitative estimate of drug-likeness (QED) is 0.321. The Kier molecular flexibility index (Phi) is 8.53. The summed E-state index contributed by atoms with van der Waals surface area (Å²) in [5, 5.41) is 9.57. The third kappa shape index (κ3) is 5.88. The van der Waals surface area contributed by atoms with E-state index in [0.717, 1.165) is 54.1 Å². The summed E-state index contributed by atoms with van der Waals surface area (Å²) in [7, 11) is 1.75. The average Bonchev–Trinajstić information content (AvgIpc) is 3.14. The number of nitrogens with zero attached hydrogens (tertiary/aromatic N) is 3. The fraction of sp³-hybridized carbons (Fsp3) is 0.444. The predicted molar refractivity (Wildman–Crippen MR) is 131 cm³/mol. The molecule has 7 heteroatoms. The maximum Gasteiger partial charge on any atom is 0.349 e. The van der Waals surface area contributed by atoms with Crippen LogP contribution in [0.4, 0.5) is 0 Å². The van der Waals surface area contributed by atoms with Gasteiger partial charge in [-0.1, -0.05) is 19.3 Å². The van der Waals surface area contributed by atoms with Crippen LogP contribution >= 0.6 is 0 Å². The Bertz CT molecular complexity index is 1090. The number of aromatic nitrogens is 1. The predicted octanol–water partition coefficient (Wildman–Crippen LogP) is 4.73. The minimum absolute atomic E-state index is 0.139. The SMILES string of the molecule is CCOc1ccc(-n2c(C)cc(/C=C(/C#N)C(=O)OCC(=O)N(C)C3CCCCC3)c2C)cc1. The second-order valence-corrected chi connectivity index (χ2v) is 8.63. The molecule has 7 nitrogen and oxygen atoms in total. The summed E-state index contributed by atoms with van der Waals surface area (Å²) in [4.78, 5) is 26.7. The van der Waals surface area contributed by atoms with E-state index in [1.165, 1.54) is 12.5 Å². The number of nitriles is 1. The van der Waals surface area contributed by atoms with Crippen LogP contribution in [-0.4, -0.2) is 47.6 Å². The van der Waals surface area contributed by atoms with E-state index in [4.69, 9.17) is 9.47 Å². The number of rotatable bonds is 8. The number of likely N-dealkylation sites (N-methyl/N-ethyl adjacent to an activating group) is 1. The molecule has 0 saturated heterocycles. The molecule has 1 saturated carbocycles. The topological polar surface area (TPSA) is 84.6 Å². The highest BCUT2D eigenvalue weighted by atomic mass is 16.5.